The van der Waals surface area contributed by atoms with Crippen LogP contribution in [0.15, 0.2) is 18.2 Å². The van der Waals surface area contributed by atoms with Crippen LogP contribution in [0, 0.1) is 0 Å². The highest BCUT2D eigenvalue weighted by Gasteiger charge is 2.38. The number of hydrogen-bond donors (Lipinski definition) is 2. The molecule has 1 rings (SSSR count). The molecule has 3 N–H and O–H groups in total. The number of nitrogens with two attached hydrogens (primary N) is 1. The second-order valence-electron chi connectivity index (χ2n) is 3.84. The highest BCUT2D eigenvalue weighted by atomic mass is 35.5. The van der Waals surface area contributed by atoms with Gasteiger partial charge in [-0.05, 0) is 25.1 Å². The molecular formula is C11H13ClF3NO2. The Balaban J connectivity index is 2.79. The Morgan fingerprint density at radius 3 is 2.56 bits per heavy atom. The van der Waals surface area contributed by atoms with Crippen LogP contribution in [0.2, 0.25) is 5.02 Å². The van der Waals surface area contributed by atoms with Gasteiger partial charge in [-0.3, -0.25) is 0 Å². The van der Waals surface area contributed by atoms with Gasteiger partial charge in [-0.2, -0.15) is 13.2 Å². The van der Waals surface area contributed by atoms with E-state index in [4.69, 9.17) is 27.2 Å². The summed E-state index contributed by atoms with van der Waals surface area (Å²) in [7, 11) is 0. The van der Waals surface area contributed by atoms with Crippen molar-refractivity contribution in [1.82, 2.24) is 0 Å². The average Bonchev–Trinajstić information content (AvgIpc) is 2.25. The minimum atomic E-state index is -4.71. The summed E-state index contributed by atoms with van der Waals surface area (Å²) in [6.07, 6.45) is -7.24. The molecule has 0 aliphatic carbocycles. The van der Waals surface area contributed by atoms with E-state index in [0.29, 0.717) is 10.6 Å². The summed E-state index contributed by atoms with van der Waals surface area (Å²) >= 11 is 5.76. The number of aliphatic hydroxyl groups excluding tert-OH is 1. The number of benzene rings is 1. The van der Waals surface area contributed by atoms with E-state index >= 15 is 0 Å². The molecule has 0 aliphatic heterocycles. The molecule has 7 heteroatoms. The highest BCUT2D eigenvalue weighted by molar-refractivity contribution is 6.30. The third-order valence-electron chi connectivity index (χ3n) is 2.24. The number of hydrogen-bond acceptors (Lipinski definition) is 3. The van der Waals surface area contributed by atoms with Crippen LogP contribution in [-0.4, -0.2) is 24.0 Å². The van der Waals surface area contributed by atoms with E-state index in [1.54, 1.807) is 6.92 Å². The lowest BCUT2D eigenvalue weighted by Crippen LogP contribution is -2.34. The van der Waals surface area contributed by atoms with Gasteiger partial charge in [0.05, 0.1) is 0 Å². The predicted octanol–water partition coefficient (Wildman–Crippen LogP) is 2.66. The molecule has 0 bridgehead atoms. The molecule has 0 aromatic heterocycles. The van der Waals surface area contributed by atoms with Crippen LogP contribution in [0.4, 0.5) is 13.2 Å². The number of halogens is 4. The van der Waals surface area contributed by atoms with E-state index in [-0.39, 0.29) is 5.75 Å². The smallest absolute Gasteiger partial charge is 0.417 e. The maximum absolute atomic E-state index is 12.1. The number of ether oxygens (including phenoxy) is 1. The van der Waals surface area contributed by atoms with Crippen molar-refractivity contribution in [3.63, 3.8) is 0 Å². The largest absolute Gasteiger partial charge is 0.490 e. The molecule has 0 fully saturated rings. The first-order chi connectivity index (χ1) is 8.21. The molecule has 0 heterocycles. The average molecular weight is 284 g/mol. The van der Waals surface area contributed by atoms with Gasteiger partial charge in [-0.1, -0.05) is 11.6 Å². The summed E-state index contributed by atoms with van der Waals surface area (Å²) in [5.74, 6) is 0.178. The van der Waals surface area contributed by atoms with Crippen molar-refractivity contribution in [3.05, 3.63) is 28.8 Å². The summed E-state index contributed by atoms with van der Waals surface area (Å²) in [5, 5.41) is 9.23. The first-order valence-corrected chi connectivity index (χ1v) is 5.52. The highest BCUT2D eigenvalue weighted by Crippen LogP contribution is 2.28. The van der Waals surface area contributed by atoms with Gasteiger partial charge in [0.25, 0.3) is 0 Å². The SMILES string of the molecule is CC(N)c1cc(Cl)ccc1OCC(O)C(F)(F)F. The molecule has 18 heavy (non-hydrogen) atoms. The van der Waals surface area contributed by atoms with Gasteiger partial charge in [0.15, 0.2) is 6.10 Å². The van der Waals surface area contributed by atoms with Crippen molar-refractivity contribution >= 4 is 11.6 Å². The predicted molar refractivity (Wildman–Crippen MR) is 61.6 cm³/mol. The normalized spacial score (nSPS) is 15.3. The Bertz CT molecular complexity index is 410. The Kier molecular flexibility index (Phi) is 4.84. The van der Waals surface area contributed by atoms with E-state index in [0.717, 1.165) is 0 Å². The van der Waals surface area contributed by atoms with Crippen LogP contribution in [0.25, 0.3) is 0 Å². The van der Waals surface area contributed by atoms with Crippen LogP contribution in [-0.2, 0) is 0 Å². The zero-order valence-electron chi connectivity index (χ0n) is 9.54. The third-order valence-corrected chi connectivity index (χ3v) is 2.47. The Morgan fingerprint density at radius 2 is 2.06 bits per heavy atom. The molecule has 1 aromatic carbocycles. The fourth-order valence-corrected chi connectivity index (χ4v) is 1.45. The zero-order chi connectivity index (χ0) is 13.9. The van der Waals surface area contributed by atoms with E-state index in [9.17, 15) is 13.2 Å². The summed E-state index contributed by atoms with van der Waals surface area (Å²) in [5.41, 5.74) is 6.14. The second-order valence-corrected chi connectivity index (χ2v) is 4.28. The van der Waals surface area contributed by atoms with Crippen molar-refractivity contribution in [2.24, 2.45) is 5.73 Å². The van der Waals surface area contributed by atoms with Crippen molar-refractivity contribution in [1.29, 1.82) is 0 Å². The molecule has 2 unspecified atom stereocenters. The van der Waals surface area contributed by atoms with E-state index < -0.39 is 24.9 Å². The van der Waals surface area contributed by atoms with Crippen LogP contribution >= 0.6 is 11.6 Å². The number of rotatable bonds is 4. The van der Waals surface area contributed by atoms with E-state index in [1.165, 1.54) is 18.2 Å². The first-order valence-electron chi connectivity index (χ1n) is 5.14. The molecule has 102 valence electrons. The molecule has 0 aliphatic rings. The minimum Gasteiger partial charge on any atom is -0.490 e. The van der Waals surface area contributed by atoms with Crippen LogP contribution in [0.3, 0.4) is 0 Å². The quantitative estimate of drug-likeness (QED) is 0.893. The molecule has 3 nitrogen and oxygen atoms in total. The molecule has 0 amide bonds. The zero-order valence-corrected chi connectivity index (χ0v) is 10.3. The first kappa shape index (κ1) is 15.1. The molecule has 1 aromatic rings. The van der Waals surface area contributed by atoms with Crippen LogP contribution < -0.4 is 10.5 Å². The van der Waals surface area contributed by atoms with E-state index in [1.807, 2.05) is 0 Å². The molecule has 0 saturated heterocycles. The van der Waals surface area contributed by atoms with Gasteiger partial charge in [0.2, 0.25) is 0 Å². The van der Waals surface area contributed by atoms with Crippen LogP contribution in [0.5, 0.6) is 5.75 Å². The standard InChI is InChI=1S/C11H13ClF3NO2/c1-6(16)8-4-7(12)2-3-9(8)18-5-10(17)11(13,14)15/h2-4,6,10,17H,5,16H2,1H3. The molecule has 0 saturated carbocycles. The minimum absolute atomic E-state index is 0.178. The van der Waals surface area contributed by atoms with Crippen molar-refractivity contribution in [2.45, 2.75) is 25.2 Å². The molecule has 0 radical (unpaired) electrons. The maximum Gasteiger partial charge on any atom is 0.417 e. The van der Waals surface area contributed by atoms with Gasteiger partial charge >= 0.3 is 6.18 Å². The number of alkyl halides is 3. The second kappa shape index (κ2) is 5.77. The fourth-order valence-electron chi connectivity index (χ4n) is 1.27. The summed E-state index contributed by atoms with van der Waals surface area (Å²) in [6.45, 7) is 0.767. The summed E-state index contributed by atoms with van der Waals surface area (Å²) in [4.78, 5) is 0. The molecular weight excluding hydrogens is 271 g/mol. The lowest BCUT2D eigenvalue weighted by Gasteiger charge is -2.18. The maximum atomic E-state index is 12.1. The third kappa shape index (κ3) is 4.04. The van der Waals surface area contributed by atoms with Gasteiger partial charge in [0, 0.05) is 16.6 Å². The monoisotopic (exact) mass is 283 g/mol. The fraction of sp³-hybridized carbons (Fsp3) is 0.455. The summed E-state index contributed by atoms with van der Waals surface area (Å²) < 4.78 is 41.2. The topological polar surface area (TPSA) is 55.5 Å². The van der Waals surface area contributed by atoms with Gasteiger partial charge in [-0.15, -0.1) is 0 Å². The Morgan fingerprint density at radius 1 is 1.44 bits per heavy atom. The molecule has 0 spiro atoms. The summed E-state index contributed by atoms with van der Waals surface area (Å²) in [6, 6.07) is 3.97. The van der Waals surface area contributed by atoms with Crippen molar-refractivity contribution in [3.8, 4) is 5.75 Å². The van der Waals surface area contributed by atoms with Gasteiger partial charge < -0.3 is 15.6 Å². The van der Waals surface area contributed by atoms with Gasteiger partial charge in [-0.25, -0.2) is 0 Å². The Hall–Kier alpha value is -0.980. The van der Waals surface area contributed by atoms with Crippen molar-refractivity contribution < 1.29 is 23.0 Å². The van der Waals surface area contributed by atoms with E-state index in [2.05, 4.69) is 0 Å². The Labute approximate surface area is 107 Å². The molecule has 2 atom stereocenters. The number of aliphatic hydroxyl groups is 1. The van der Waals surface area contributed by atoms with Gasteiger partial charge in [0.1, 0.15) is 12.4 Å². The lowest BCUT2D eigenvalue weighted by molar-refractivity contribution is -0.210. The van der Waals surface area contributed by atoms with Crippen LogP contribution in [0.1, 0.15) is 18.5 Å². The van der Waals surface area contributed by atoms with Crippen molar-refractivity contribution in [2.75, 3.05) is 6.61 Å². The lowest BCUT2D eigenvalue weighted by atomic mass is 10.1.